The Labute approximate surface area is 109 Å². The van der Waals surface area contributed by atoms with Gasteiger partial charge in [0.1, 0.15) is 5.82 Å². The fourth-order valence-corrected chi connectivity index (χ4v) is 2.45. The van der Waals surface area contributed by atoms with Crippen LogP contribution in [0.5, 0.6) is 0 Å². The molecule has 0 saturated carbocycles. The Morgan fingerprint density at radius 1 is 1.11 bits per heavy atom. The molecule has 1 aromatic rings. The van der Waals surface area contributed by atoms with Gasteiger partial charge in [-0.3, -0.25) is 9.29 Å². The monoisotopic (exact) mass is 276 g/mol. The van der Waals surface area contributed by atoms with Gasteiger partial charge in [-0.25, -0.2) is 13.2 Å². The number of benzene rings is 1. The van der Waals surface area contributed by atoms with Crippen LogP contribution in [-0.4, -0.2) is 37.8 Å². The Hall–Kier alpha value is -1.14. The normalized spacial score (nSPS) is 18.5. The molecule has 1 N–H and O–H groups in total. The minimum absolute atomic E-state index is 0.0444. The molecule has 2 rings (SSSR count). The predicted molar refractivity (Wildman–Crippen MR) is 64.1 cm³/mol. The maximum atomic E-state index is 13.8. The van der Waals surface area contributed by atoms with Gasteiger partial charge in [0.05, 0.1) is 6.67 Å². The molecule has 0 aliphatic carbocycles. The number of hydrogen-bond donors (Lipinski definition) is 1. The van der Waals surface area contributed by atoms with Crippen LogP contribution in [0.2, 0.25) is 0 Å². The van der Waals surface area contributed by atoms with E-state index in [-0.39, 0.29) is 12.0 Å². The summed E-state index contributed by atoms with van der Waals surface area (Å²) >= 11 is 0. The zero-order chi connectivity index (χ0) is 13.8. The fourth-order valence-electron chi connectivity index (χ4n) is 2.45. The molecule has 2 nitrogen and oxygen atoms in total. The summed E-state index contributed by atoms with van der Waals surface area (Å²) < 4.78 is 53.5. The smallest absolute Gasteiger partial charge is 0.166 e. The van der Waals surface area contributed by atoms with Crippen molar-refractivity contribution in [1.29, 1.82) is 0 Å². The molecule has 19 heavy (non-hydrogen) atoms. The van der Waals surface area contributed by atoms with Gasteiger partial charge in [-0.2, -0.15) is 0 Å². The van der Waals surface area contributed by atoms with Gasteiger partial charge in [0.15, 0.2) is 11.6 Å². The van der Waals surface area contributed by atoms with E-state index in [0.717, 1.165) is 12.1 Å². The van der Waals surface area contributed by atoms with E-state index < -0.39 is 30.2 Å². The van der Waals surface area contributed by atoms with E-state index in [0.29, 0.717) is 26.2 Å². The third kappa shape index (κ3) is 3.06. The van der Waals surface area contributed by atoms with Gasteiger partial charge < -0.3 is 5.32 Å². The zero-order valence-electron chi connectivity index (χ0n) is 10.4. The first-order valence-electron chi connectivity index (χ1n) is 6.29. The fraction of sp³-hybridized carbons (Fsp3) is 0.538. The third-order valence-corrected chi connectivity index (χ3v) is 3.39. The maximum Gasteiger partial charge on any atom is 0.166 e. The van der Waals surface area contributed by atoms with Crippen molar-refractivity contribution in [1.82, 2.24) is 10.2 Å². The van der Waals surface area contributed by atoms with E-state index in [4.69, 9.17) is 0 Å². The highest BCUT2D eigenvalue weighted by atomic mass is 19.2. The Bertz CT molecular complexity index is 433. The molecular weight excluding hydrogens is 260 g/mol. The van der Waals surface area contributed by atoms with E-state index in [1.165, 1.54) is 0 Å². The number of alkyl halides is 1. The lowest BCUT2D eigenvalue weighted by Crippen LogP contribution is -2.45. The first-order chi connectivity index (χ1) is 9.15. The molecule has 1 atom stereocenters. The number of hydrogen-bond acceptors (Lipinski definition) is 2. The molecule has 0 unspecified atom stereocenters. The Balaban J connectivity index is 2.35. The van der Waals surface area contributed by atoms with Crippen molar-refractivity contribution in [2.75, 3.05) is 32.9 Å². The average Bonchev–Trinajstić information content (AvgIpc) is 2.43. The van der Waals surface area contributed by atoms with Gasteiger partial charge in [-0.15, -0.1) is 0 Å². The average molecular weight is 276 g/mol. The van der Waals surface area contributed by atoms with Gasteiger partial charge in [0, 0.05) is 37.8 Å². The molecule has 6 heteroatoms. The minimum atomic E-state index is -1.21. The third-order valence-electron chi connectivity index (χ3n) is 3.39. The van der Waals surface area contributed by atoms with Crippen LogP contribution in [-0.2, 0) is 0 Å². The highest BCUT2D eigenvalue weighted by molar-refractivity contribution is 5.25. The summed E-state index contributed by atoms with van der Waals surface area (Å²) in [6.45, 7) is 1.74. The van der Waals surface area contributed by atoms with Crippen LogP contribution >= 0.6 is 0 Å². The largest absolute Gasteiger partial charge is 0.314 e. The number of piperazine rings is 1. The molecule has 1 aromatic carbocycles. The van der Waals surface area contributed by atoms with Crippen LogP contribution in [0.1, 0.15) is 18.0 Å². The van der Waals surface area contributed by atoms with E-state index >= 15 is 0 Å². The summed E-state index contributed by atoms with van der Waals surface area (Å²) in [6.07, 6.45) is -0.0444. The summed E-state index contributed by atoms with van der Waals surface area (Å²) in [7, 11) is 0. The van der Waals surface area contributed by atoms with Crippen LogP contribution in [0.15, 0.2) is 12.1 Å². The van der Waals surface area contributed by atoms with Crippen LogP contribution in [0.4, 0.5) is 17.6 Å². The number of nitrogens with one attached hydrogen (secondary N) is 1. The molecule has 0 bridgehead atoms. The molecule has 0 radical (unpaired) electrons. The van der Waals surface area contributed by atoms with E-state index in [2.05, 4.69) is 5.32 Å². The zero-order valence-corrected chi connectivity index (χ0v) is 10.4. The van der Waals surface area contributed by atoms with Gasteiger partial charge in [-0.1, -0.05) is 0 Å². The van der Waals surface area contributed by atoms with Gasteiger partial charge >= 0.3 is 0 Å². The lowest BCUT2D eigenvalue weighted by atomic mass is 10.00. The highest BCUT2D eigenvalue weighted by Gasteiger charge is 2.28. The molecule has 1 aliphatic heterocycles. The second-order valence-corrected chi connectivity index (χ2v) is 4.54. The van der Waals surface area contributed by atoms with Gasteiger partial charge in [0.25, 0.3) is 0 Å². The standard InChI is InChI=1S/C13H16F4N2/c14-4-3-11(19-7-5-18-6-8-19)12-9(15)1-2-10(16)13(12)17/h1-2,11,18H,3-8H2/t11-/m1/s1. The quantitative estimate of drug-likeness (QED) is 0.671. The van der Waals surface area contributed by atoms with Crippen molar-refractivity contribution in [3.8, 4) is 0 Å². The van der Waals surface area contributed by atoms with Crippen LogP contribution in [0.25, 0.3) is 0 Å². The van der Waals surface area contributed by atoms with E-state index in [1.807, 2.05) is 0 Å². The van der Waals surface area contributed by atoms with Crippen LogP contribution in [0, 0.1) is 17.5 Å². The molecule has 106 valence electrons. The minimum Gasteiger partial charge on any atom is -0.314 e. The molecule has 1 aliphatic rings. The SMILES string of the molecule is FCC[C@H](c1c(F)ccc(F)c1F)N1CCNCC1. The number of halogens is 4. The van der Waals surface area contributed by atoms with Crippen molar-refractivity contribution in [2.45, 2.75) is 12.5 Å². The highest BCUT2D eigenvalue weighted by Crippen LogP contribution is 2.30. The van der Waals surface area contributed by atoms with Crippen molar-refractivity contribution >= 4 is 0 Å². The van der Waals surface area contributed by atoms with Gasteiger partial charge in [-0.05, 0) is 18.6 Å². The van der Waals surface area contributed by atoms with Crippen LogP contribution < -0.4 is 5.32 Å². The molecular formula is C13H16F4N2. The Morgan fingerprint density at radius 2 is 1.74 bits per heavy atom. The number of nitrogens with zero attached hydrogens (tertiary/aromatic N) is 1. The van der Waals surface area contributed by atoms with Crippen molar-refractivity contribution in [3.63, 3.8) is 0 Å². The van der Waals surface area contributed by atoms with Crippen LogP contribution in [0.3, 0.4) is 0 Å². The number of rotatable bonds is 4. The first-order valence-corrected chi connectivity index (χ1v) is 6.29. The Kier molecular flexibility index (Phi) is 4.76. The first kappa shape index (κ1) is 14.3. The molecule has 1 heterocycles. The topological polar surface area (TPSA) is 15.3 Å². The Morgan fingerprint density at radius 3 is 2.37 bits per heavy atom. The lowest BCUT2D eigenvalue weighted by Gasteiger charge is -2.35. The van der Waals surface area contributed by atoms with E-state index in [9.17, 15) is 17.6 Å². The molecule has 1 saturated heterocycles. The molecule has 0 aromatic heterocycles. The van der Waals surface area contributed by atoms with Crippen molar-refractivity contribution < 1.29 is 17.6 Å². The van der Waals surface area contributed by atoms with Crippen molar-refractivity contribution in [3.05, 3.63) is 35.1 Å². The van der Waals surface area contributed by atoms with Crippen molar-refractivity contribution in [2.24, 2.45) is 0 Å². The molecule has 0 spiro atoms. The lowest BCUT2D eigenvalue weighted by molar-refractivity contribution is 0.150. The summed E-state index contributed by atoms with van der Waals surface area (Å²) in [4.78, 5) is 1.79. The van der Waals surface area contributed by atoms with Gasteiger partial charge in [0.2, 0.25) is 0 Å². The molecule has 1 fully saturated rings. The maximum absolute atomic E-state index is 13.8. The summed E-state index contributed by atoms with van der Waals surface area (Å²) in [6, 6.07) is 0.877. The second-order valence-electron chi connectivity index (χ2n) is 4.54. The second kappa shape index (κ2) is 6.34. The summed E-state index contributed by atoms with van der Waals surface area (Å²) in [5, 5.41) is 3.11. The van der Waals surface area contributed by atoms with E-state index in [1.54, 1.807) is 4.90 Å². The summed E-state index contributed by atoms with van der Waals surface area (Å²) in [5.74, 6) is -3.14. The molecule has 0 amide bonds. The summed E-state index contributed by atoms with van der Waals surface area (Å²) in [5.41, 5.74) is -0.362. The predicted octanol–water partition coefficient (Wildman–Crippen LogP) is 2.41.